The fourth-order valence-corrected chi connectivity index (χ4v) is 3.01. The van der Waals surface area contributed by atoms with Gasteiger partial charge in [-0.15, -0.1) is 10.2 Å². The molecule has 0 saturated heterocycles. The standard InChI is InChI=1S/C10H17N3O2S2/c1-6(2)4-7(3)11-9-12-13-10(17-9)16-5-8(14)15/h6-7H,4-5H2,1-3H3,(H,11,12)(H,14,15). The number of nitrogens with one attached hydrogen (secondary N) is 1. The fourth-order valence-electron chi connectivity index (χ4n) is 1.43. The van der Waals surface area contributed by atoms with Gasteiger partial charge in [-0.3, -0.25) is 4.79 Å². The van der Waals surface area contributed by atoms with E-state index >= 15 is 0 Å². The Morgan fingerprint density at radius 1 is 1.47 bits per heavy atom. The molecular formula is C10H17N3O2S2. The number of aromatic nitrogens is 2. The molecule has 0 spiro atoms. The Morgan fingerprint density at radius 3 is 2.76 bits per heavy atom. The van der Waals surface area contributed by atoms with Crippen LogP contribution in [-0.4, -0.2) is 33.1 Å². The molecule has 0 bridgehead atoms. The number of rotatable bonds is 7. The molecule has 0 aliphatic rings. The summed E-state index contributed by atoms with van der Waals surface area (Å²) in [5.41, 5.74) is 0. The molecule has 0 radical (unpaired) electrons. The van der Waals surface area contributed by atoms with Crippen LogP contribution in [0.25, 0.3) is 0 Å². The molecule has 0 aliphatic carbocycles. The highest BCUT2D eigenvalue weighted by atomic mass is 32.2. The summed E-state index contributed by atoms with van der Waals surface area (Å²) in [7, 11) is 0. The van der Waals surface area contributed by atoms with Gasteiger partial charge in [-0.2, -0.15) is 0 Å². The SMILES string of the molecule is CC(C)CC(C)Nc1nnc(SCC(=O)O)s1. The van der Waals surface area contributed by atoms with E-state index in [1.807, 2.05) is 0 Å². The third-order valence-electron chi connectivity index (χ3n) is 1.92. The average Bonchev–Trinajstić information content (AvgIpc) is 2.61. The highest BCUT2D eigenvalue weighted by Gasteiger charge is 2.10. The van der Waals surface area contributed by atoms with Gasteiger partial charge in [0.15, 0.2) is 4.34 Å². The van der Waals surface area contributed by atoms with E-state index in [4.69, 9.17) is 5.11 Å². The maximum Gasteiger partial charge on any atom is 0.313 e. The number of carboxylic acid groups (broad SMARTS) is 1. The van der Waals surface area contributed by atoms with E-state index in [-0.39, 0.29) is 5.75 Å². The fraction of sp³-hybridized carbons (Fsp3) is 0.700. The van der Waals surface area contributed by atoms with Crippen LogP contribution in [-0.2, 0) is 4.79 Å². The first-order chi connectivity index (χ1) is 7.97. The number of nitrogens with zero attached hydrogens (tertiary/aromatic N) is 2. The lowest BCUT2D eigenvalue weighted by Crippen LogP contribution is -2.17. The molecule has 0 amide bonds. The van der Waals surface area contributed by atoms with Crippen LogP contribution in [0.1, 0.15) is 27.2 Å². The first kappa shape index (κ1) is 14.2. The summed E-state index contributed by atoms with van der Waals surface area (Å²) < 4.78 is 0.687. The predicted octanol–water partition coefficient (Wildman–Crippen LogP) is 2.56. The smallest absolute Gasteiger partial charge is 0.313 e. The third-order valence-corrected chi connectivity index (χ3v) is 3.89. The molecule has 2 N–H and O–H groups in total. The number of thioether (sulfide) groups is 1. The summed E-state index contributed by atoms with van der Waals surface area (Å²) in [4.78, 5) is 10.4. The van der Waals surface area contributed by atoms with Crippen molar-refractivity contribution < 1.29 is 9.90 Å². The van der Waals surface area contributed by atoms with E-state index in [0.717, 1.165) is 11.6 Å². The van der Waals surface area contributed by atoms with Gasteiger partial charge < -0.3 is 10.4 Å². The Balaban J connectivity index is 2.42. The minimum atomic E-state index is -0.840. The van der Waals surface area contributed by atoms with Crippen molar-refractivity contribution in [2.45, 2.75) is 37.6 Å². The van der Waals surface area contributed by atoms with Gasteiger partial charge in [0.2, 0.25) is 5.13 Å². The van der Waals surface area contributed by atoms with Crippen LogP contribution in [0.4, 0.5) is 5.13 Å². The highest BCUT2D eigenvalue weighted by Crippen LogP contribution is 2.26. The Labute approximate surface area is 109 Å². The maximum atomic E-state index is 10.4. The molecule has 1 atom stereocenters. The van der Waals surface area contributed by atoms with Gasteiger partial charge in [-0.05, 0) is 19.3 Å². The summed E-state index contributed by atoms with van der Waals surface area (Å²) in [5, 5.41) is 20.5. The van der Waals surface area contributed by atoms with Crippen molar-refractivity contribution in [3.8, 4) is 0 Å². The third kappa shape index (κ3) is 5.88. The molecule has 1 aromatic rings. The topological polar surface area (TPSA) is 75.1 Å². The Hall–Kier alpha value is -0.820. The molecule has 7 heteroatoms. The summed E-state index contributed by atoms with van der Waals surface area (Å²) in [5.74, 6) is -0.185. The minimum Gasteiger partial charge on any atom is -0.481 e. The zero-order valence-corrected chi connectivity index (χ0v) is 11.8. The molecular weight excluding hydrogens is 258 g/mol. The van der Waals surface area contributed by atoms with Crippen molar-refractivity contribution >= 4 is 34.2 Å². The highest BCUT2D eigenvalue weighted by molar-refractivity contribution is 8.01. The minimum absolute atomic E-state index is 0.0240. The van der Waals surface area contributed by atoms with Gasteiger partial charge in [0.25, 0.3) is 0 Å². The van der Waals surface area contributed by atoms with E-state index in [2.05, 4.69) is 36.3 Å². The normalized spacial score (nSPS) is 12.7. The van der Waals surface area contributed by atoms with Gasteiger partial charge in [-0.1, -0.05) is 36.9 Å². The van der Waals surface area contributed by atoms with Crippen molar-refractivity contribution in [1.29, 1.82) is 0 Å². The second-order valence-electron chi connectivity index (χ2n) is 4.23. The molecule has 0 fully saturated rings. The summed E-state index contributed by atoms with van der Waals surface area (Å²) >= 11 is 2.59. The summed E-state index contributed by atoms with van der Waals surface area (Å²) in [6.07, 6.45) is 1.07. The van der Waals surface area contributed by atoms with Crippen molar-refractivity contribution in [2.75, 3.05) is 11.1 Å². The van der Waals surface area contributed by atoms with Crippen LogP contribution in [0.2, 0.25) is 0 Å². The van der Waals surface area contributed by atoms with Crippen LogP contribution in [0.5, 0.6) is 0 Å². The number of carboxylic acids is 1. The van der Waals surface area contributed by atoms with Gasteiger partial charge in [0, 0.05) is 6.04 Å². The summed E-state index contributed by atoms with van der Waals surface area (Å²) in [6, 6.07) is 0.347. The van der Waals surface area contributed by atoms with E-state index in [9.17, 15) is 4.79 Å². The number of hydrogen-bond acceptors (Lipinski definition) is 6. The number of anilines is 1. The first-order valence-electron chi connectivity index (χ1n) is 5.42. The van der Waals surface area contributed by atoms with Crippen LogP contribution in [0, 0.1) is 5.92 Å². The quantitative estimate of drug-likeness (QED) is 0.745. The van der Waals surface area contributed by atoms with Crippen LogP contribution in [0.3, 0.4) is 0 Å². The number of carbonyl (C=O) groups is 1. The lowest BCUT2D eigenvalue weighted by molar-refractivity contribution is -0.133. The van der Waals surface area contributed by atoms with Crippen LogP contribution >= 0.6 is 23.1 Å². The van der Waals surface area contributed by atoms with Gasteiger partial charge in [0.1, 0.15) is 0 Å². The molecule has 5 nitrogen and oxygen atoms in total. The number of hydrogen-bond donors (Lipinski definition) is 2. The van der Waals surface area contributed by atoms with Crippen molar-refractivity contribution in [2.24, 2.45) is 5.92 Å². The van der Waals surface area contributed by atoms with Crippen molar-refractivity contribution in [3.05, 3.63) is 0 Å². The molecule has 0 aromatic carbocycles. The van der Waals surface area contributed by atoms with Crippen LogP contribution < -0.4 is 5.32 Å². The van der Waals surface area contributed by atoms with E-state index in [1.54, 1.807) is 0 Å². The average molecular weight is 275 g/mol. The maximum absolute atomic E-state index is 10.4. The Morgan fingerprint density at radius 2 is 2.18 bits per heavy atom. The van der Waals surface area contributed by atoms with E-state index in [0.29, 0.717) is 16.3 Å². The molecule has 1 rings (SSSR count). The van der Waals surface area contributed by atoms with E-state index < -0.39 is 5.97 Å². The zero-order valence-electron chi connectivity index (χ0n) is 10.1. The largest absolute Gasteiger partial charge is 0.481 e. The van der Waals surface area contributed by atoms with E-state index in [1.165, 1.54) is 23.1 Å². The van der Waals surface area contributed by atoms with Crippen LogP contribution in [0.15, 0.2) is 4.34 Å². The van der Waals surface area contributed by atoms with Gasteiger partial charge in [0.05, 0.1) is 5.75 Å². The second kappa shape index (κ2) is 6.80. The molecule has 0 saturated carbocycles. The van der Waals surface area contributed by atoms with Gasteiger partial charge in [-0.25, -0.2) is 0 Å². The monoisotopic (exact) mass is 275 g/mol. The molecule has 1 aromatic heterocycles. The first-order valence-corrected chi connectivity index (χ1v) is 7.22. The molecule has 1 heterocycles. The lowest BCUT2D eigenvalue weighted by atomic mass is 10.1. The molecule has 17 heavy (non-hydrogen) atoms. The van der Waals surface area contributed by atoms with Gasteiger partial charge >= 0.3 is 5.97 Å². The Bertz CT molecular complexity index is 368. The zero-order chi connectivity index (χ0) is 12.8. The number of aliphatic carboxylic acids is 1. The lowest BCUT2D eigenvalue weighted by Gasteiger charge is -2.14. The van der Waals surface area contributed by atoms with Crippen molar-refractivity contribution in [1.82, 2.24) is 10.2 Å². The van der Waals surface area contributed by atoms with Crippen molar-refractivity contribution in [3.63, 3.8) is 0 Å². The molecule has 96 valence electrons. The predicted molar refractivity (Wildman–Crippen MR) is 70.8 cm³/mol. The Kier molecular flexibility index (Phi) is 5.70. The molecule has 0 aliphatic heterocycles. The molecule has 1 unspecified atom stereocenters. The summed E-state index contributed by atoms with van der Waals surface area (Å²) in [6.45, 7) is 6.45. The second-order valence-corrected chi connectivity index (χ2v) is 6.43.